The predicted octanol–water partition coefficient (Wildman–Crippen LogP) is 3.03. The lowest BCUT2D eigenvalue weighted by atomic mass is 9.56. The molecule has 0 atom stereocenters. The Balaban J connectivity index is 1.91. The molecule has 0 aromatic rings. The molecule has 0 amide bonds. The Kier molecular flexibility index (Phi) is 2.63. The summed E-state index contributed by atoms with van der Waals surface area (Å²) in [6.45, 7) is 4.05. The molecule has 98 valence electrons. The fraction of sp³-hybridized carbons (Fsp3) is 1.00. The van der Waals surface area contributed by atoms with Gasteiger partial charge < -0.3 is 0 Å². The van der Waals surface area contributed by atoms with E-state index in [1.165, 1.54) is 19.3 Å². The summed E-state index contributed by atoms with van der Waals surface area (Å²) < 4.78 is 25.1. The van der Waals surface area contributed by atoms with Gasteiger partial charge in [-0.1, -0.05) is 13.8 Å². The molecule has 0 aromatic carbocycles. The fourth-order valence-electron chi connectivity index (χ4n) is 5.03. The van der Waals surface area contributed by atoms with Crippen molar-refractivity contribution in [2.45, 2.75) is 57.1 Å². The lowest BCUT2D eigenvalue weighted by molar-refractivity contribution is 0.0338. The largest absolute Gasteiger partial charge is 0.228 e. The van der Waals surface area contributed by atoms with E-state index in [4.69, 9.17) is 0 Å². The van der Waals surface area contributed by atoms with E-state index in [0.29, 0.717) is 5.75 Å². The Bertz CT molecular complexity index is 373. The molecular weight excluding hydrogens is 232 g/mol. The molecule has 0 heterocycles. The van der Waals surface area contributed by atoms with Gasteiger partial charge in [-0.05, 0) is 62.2 Å². The first-order chi connectivity index (χ1) is 7.90. The minimum Gasteiger partial charge on any atom is -0.228 e. The third-order valence-corrected chi connectivity index (χ3v) is 8.12. The summed E-state index contributed by atoms with van der Waals surface area (Å²) in [5.41, 5.74) is 0. The maximum atomic E-state index is 12.7. The molecule has 0 N–H and O–H groups in total. The minimum absolute atomic E-state index is 0.271. The topological polar surface area (TPSA) is 34.1 Å². The van der Waals surface area contributed by atoms with Crippen molar-refractivity contribution in [2.75, 3.05) is 5.75 Å². The quantitative estimate of drug-likeness (QED) is 0.778. The van der Waals surface area contributed by atoms with Crippen LogP contribution in [0.1, 0.15) is 52.4 Å². The van der Waals surface area contributed by atoms with Gasteiger partial charge in [0.15, 0.2) is 9.84 Å². The second-order valence-electron chi connectivity index (χ2n) is 7.28. The van der Waals surface area contributed by atoms with Crippen LogP contribution in [0.15, 0.2) is 0 Å². The van der Waals surface area contributed by atoms with E-state index < -0.39 is 9.84 Å². The monoisotopic (exact) mass is 256 g/mol. The van der Waals surface area contributed by atoms with Crippen LogP contribution in [0, 0.1) is 23.7 Å². The van der Waals surface area contributed by atoms with Crippen molar-refractivity contribution in [1.82, 2.24) is 0 Å². The highest BCUT2D eigenvalue weighted by atomic mass is 32.2. The summed E-state index contributed by atoms with van der Waals surface area (Å²) in [6, 6.07) is 0. The summed E-state index contributed by atoms with van der Waals surface area (Å²) >= 11 is 0. The summed E-state index contributed by atoms with van der Waals surface area (Å²) in [6.07, 6.45) is 6.89. The van der Waals surface area contributed by atoms with Crippen molar-refractivity contribution >= 4 is 9.84 Å². The molecule has 3 heteroatoms. The van der Waals surface area contributed by atoms with Crippen LogP contribution in [-0.2, 0) is 9.84 Å². The molecule has 17 heavy (non-hydrogen) atoms. The molecule has 4 rings (SSSR count). The molecule has 0 aliphatic heterocycles. The summed E-state index contributed by atoms with van der Waals surface area (Å²) in [5, 5.41) is 0. The lowest BCUT2D eigenvalue weighted by Crippen LogP contribution is -2.55. The van der Waals surface area contributed by atoms with Gasteiger partial charge in [0.2, 0.25) is 0 Å². The van der Waals surface area contributed by atoms with Crippen molar-refractivity contribution < 1.29 is 8.42 Å². The second-order valence-corrected chi connectivity index (χ2v) is 9.70. The molecule has 0 unspecified atom stereocenters. The third-order valence-electron chi connectivity index (χ3n) is 5.19. The standard InChI is InChI=1S/C14H24O2S/c1-10(2)9-17(15,16)14-6-11-3-12(7-14)5-13(4-11)8-14/h10-13H,3-9H2,1-2H3. The highest BCUT2D eigenvalue weighted by molar-refractivity contribution is 7.92. The Morgan fingerprint density at radius 2 is 1.41 bits per heavy atom. The van der Waals surface area contributed by atoms with E-state index in [1.807, 2.05) is 13.8 Å². The van der Waals surface area contributed by atoms with Gasteiger partial charge in [0.1, 0.15) is 0 Å². The van der Waals surface area contributed by atoms with Crippen molar-refractivity contribution in [3.8, 4) is 0 Å². The van der Waals surface area contributed by atoms with E-state index >= 15 is 0 Å². The van der Waals surface area contributed by atoms with Gasteiger partial charge in [-0.25, -0.2) is 8.42 Å². The maximum Gasteiger partial charge on any atom is 0.156 e. The Morgan fingerprint density at radius 3 is 1.76 bits per heavy atom. The molecule has 0 saturated heterocycles. The second kappa shape index (κ2) is 3.72. The fourth-order valence-corrected chi connectivity index (χ4v) is 7.73. The van der Waals surface area contributed by atoms with Gasteiger partial charge >= 0.3 is 0 Å². The van der Waals surface area contributed by atoms with Crippen LogP contribution in [0.2, 0.25) is 0 Å². The minimum atomic E-state index is -2.88. The molecular formula is C14H24O2S. The zero-order valence-corrected chi connectivity index (χ0v) is 11.8. The summed E-state index contributed by atoms with van der Waals surface area (Å²) in [7, 11) is -2.88. The van der Waals surface area contributed by atoms with Crippen LogP contribution in [0.25, 0.3) is 0 Å². The smallest absolute Gasteiger partial charge is 0.156 e. The Labute approximate surface area is 105 Å². The zero-order chi connectivity index (χ0) is 12.3. The average molecular weight is 256 g/mol. The summed E-state index contributed by atoms with van der Waals surface area (Å²) in [4.78, 5) is 0. The van der Waals surface area contributed by atoms with Gasteiger partial charge in [-0.3, -0.25) is 0 Å². The SMILES string of the molecule is CC(C)CS(=O)(=O)C12CC3CC(CC(C3)C1)C2. The van der Waals surface area contributed by atoms with Gasteiger partial charge in [-0.2, -0.15) is 0 Å². The van der Waals surface area contributed by atoms with Gasteiger partial charge in [0, 0.05) is 0 Å². The lowest BCUT2D eigenvalue weighted by Gasteiger charge is -2.56. The van der Waals surface area contributed by atoms with Crippen LogP contribution in [0.4, 0.5) is 0 Å². The van der Waals surface area contributed by atoms with Crippen molar-refractivity contribution in [3.63, 3.8) is 0 Å². The highest BCUT2D eigenvalue weighted by Crippen LogP contribution is 2.58. The van der Waals surface area contributed by atoms with Crippen molar-refractivity contribution in [2.24, 2.45) is 23.7 Å². The normalized spacial score (nSPS) is 44.5. The van der Waals surface area contributed by atoms with E-state index in [9.17, 15) is 8.42 Å². The molecule has 4 fully saturated rings. The molecule has 0 spiro atoms. The van der Waals surface area contributed by atoms with E-state index in [-0.39, 0.29) is 10.7 Å². The third kappa shape index (κ3) is 1.85. The number of hydrogen-bond acceptors (Lipinski definition) is 2. The van der Waals surface area contributed by atoms with Crippen LogP contribution < -0.4 is 0 Å². The molecule has 4 aliphatic rings. The maximum absolute atomic E-state index is 12.7. The summed E-state index contributed by atoms with van der Waals surface area (Å²) in [5.74, 6) is 2.85. The van der Waals surface area contributed by atoms with Gasteiger partial charge in [0.05, 0.1) is 10.5 Å². The Hall–Kier alpha value is -0.0500. The van der Waals surface area contributed by atoms with E-state index in [2.05, 4.69) is 0 Å². The van der Waals surface area contributed by atoms with Crippen LogP contribution in [0.5, 0.6) is 0 Å². The van der Waals surface area contributed by atoms with E-state index in [1.54, 1.807) is 0 Å². The molecule has 0 radical (unpaired) electrons. The first-order valence-corrected chi connectivity index (χ1v) is 8.78. The zero-order valence-electron chi connectivity index (χ0n) is 11.0. The number of sulfone groups is 1. The number of rotatable bonds is 3. The van der Waals surface area contributed by atoms with Crippen molar-refractivity contribution in [3.05, 3.63) is 0 Å². The molecule has 4 saturated carbocycles. The first-order valence-electron chi connectivity index (χ1n) is 7.12. The van der Waals surface area contributed by atoms with Crippen LogP contribution in [-0.4, -0.2) is 18.9 Å². The molecule has 4 bridgehead atoms. The predicted molar refractivity (Wildman–Crippen MR) is 69.5 cm³/mol. The van der Waals surface area contributed by atoms with Crippen LogP contribution in [0.3, 0.4) is 0 Å². The van der Waals surface area contributed by atoms with Gasteiger partial charge in [0.25, 0.3) is 0 Å². The van der Waals surface area contributed by atoms with Crippen LogP contribution >= 0.6 is 0 Å². The molecule has 4 aliphatic carbocycles. The highest BCUT2D eigenvalue weighted by Gasteiger charge is 2.56. The van der Waals surface area contributed by atoms with E-state index in [0.717, 1.165) is 37.0 Å². The Morgan fingerprint density at radius 1 is 1.00 bits per heavy atom. The van der Waals surface area contributed by atoms with Crippen molar-refractivity contribution in [1.29, 1.82) is 0 Å². The molecule has 0 aromatic heterocycles. The first kappa shape index (κ1) is 12.0. The number of hydrogen-bond donors (Lipinski definition) is 0. The van der Waals surface area contributed by atoms with Gasteiger partial charge in [-0.15, -0.1) is 0 Å². The average Bonchev–Trinajstić information content (AvgIpc) is 2.12. The molecule has 2 nitrogen and oxygen atoms in total.